The van der Waals surface area contributed by atoms with Crippen LogP contribution in [0.25, 0.3) is 11.4 Å². The van der Waals surface area contributed by atoms with Crippen LogP contribution in [0.5, 0.6) is 0 Å². The minimum absolute atomic E-state index is 0.122. The number of amides is 1. The standard InChI is InChI=1S/C27H35N5OS3/c1-8-18-16(4)34-13-21(18)24-30-31-26(32(24)15(2)3)35-14-23(33)29-25-20(12-28)19-10-9-17(27(5,6)7)11-22(19)36-25/h13,15,17H,8-11,14H2,1-7H3,(H,29,33). The van der Waals surface area contributed by atoms with E-state index in [0.29, 0.717) is 16.5 Å². The van der Waals surface area contributed by atoms with E-state index in [0.717, 1.165) is 47.8 Å². The number of hydrogen-bond acceptors (Lipinski definition) is 7. The number of fused-ring (bicyclic) bond motifs is 1. The first-order valence-electron chi connectivity index (χ1n) is 12.5. The SMILES string of the molecule is CCc1c(-c2nnc(SCC(=O)Nc3sc4c(c3C#N)CCC(C(C)(C)C)C4)n2C(C)C)csc1C. The van der Waals surface area contributed by atoms with Gasteiger partial charge in [-0.25, -0.2) is 0 Å². The summed E-state index contributed by atoms with van der Waals surface area (Å²) >= 11 is 4.71. The molecule has 3 heterocycles. The first kappa shape index (κ1) is 26.9. The van der Waals surface area contributed by atoms with E-state index in [4.69, 9.17) is 0 Å². The minimum Gasteiger partial charge on any atom is -0.316 e. The Bertz CT molecular complexity index is 1300. The third-order valence-corrected chi connectivity index (χ3v) is 10.1. The number of aryl methyl sites for hydroxylation is 1. The van der Waals surface area contributed by atoms with Crippen molar-refractivity contribution in [3.05, 3.63) is 31.8 Å². The number of anilines is 1. The van der Waals surface area contributed by atoms with E-state index in [2.05, 4.69) is 80.0 Å². The van der Waals surface area contributed by atoms with Gasteiger partial charge in [-0.1, -0.05) is 39.5 Å². The van der Waals surface area contributed by atoms with E-state index in [9.17, 15) is 10.1 Å². The van der Waals surface area contributed by atoms with E-state index < -0.39 is 0 Å². The van der Waals surface area contributed by atoms with Gasteiger partial charge in [-0.2, -0.15) is 5.26 Å². The molecule has 1 atom stereocenters. The molecule has 1 aliphatic rings. The monoisotopic (exact) mass is 541 g/mol. The maximum atomic E-state index is 13.0. The van der Waals surface area contributed by atoms with E-state index in [1.54, 1.807) is 22.7 Å². The Labute approximate surface area is 226 Å². The molecule has 0 saturated heterocycles. The lowest BCUT2D eigenvalue weighted by Gasteiger charge is -2.33. The summed E-state index contributed by atoms with van der Waals surface area (Å²) in [6.45, 7) is 15.4. The molecule has 1 amide bonds. The van der Waals surface area contributed by atoms with Crippen molar-refractivity contribution >= 4 is 45.3 Å². The van der Waals surface area contributed by atoms with Crippen LogP contribution in [0, 0.1) is 29.6 Å². The van der Waals surface area contributed by atoms with Gasteiger partial charge in [0.1, 0.15) is 11.1 Å². The van der Waals surface area contributed by atoms with Crippen molar-refractivity contribution in [2.24, 2.45) is 11.3 Å². The summed E-state index contributed by atoms with van der Waals surface area (Å²) < 4.78 is 2.12. The lowest BCUT2D eigenvalue weighted by molar-refractivity contribution is -0.113. The van der Waals surface area contributed by atoms with Crippen LogP contribution in [0.4, 0.5) is 5.00 Å². The fourth-order valence-corrected chi connectivity index (χ4v) is 8.06. The molecule has 1 aliphatic carbocycles. The van der Waals surface area contributed by atoms with Gasteiger partial charge >= 0.3 is 0 Å². The smallest absolute Gasteiger partial charge is 0.235 e. The Hall–Kier alpha value is -2.15. The summed E-state index contributed by atoms with van der Waals surface area (Å²) in [4.78, 5) is 15.5. The zero-order valence-electron chi connectivity index (χ0n) is 22.2. The summed E-state index contributed by atoms with van der Waals surface area (Å²) in [5.41, 5.74) is 4.46. The van der Waals surface area contributed by atoms with Crippen molar-refractivity contribution in [2.75, 3.05) is 11.1 Å². The number of nitriles is 1. The van der Waals surface area contributed by atoms with Crippen LogP contribution in [0.2, 0.25) is 0 Å². The highest BCUT2D eigenvalue weighted by atomic mass is 32.2. The van der Waals surface area contributed by atoms with Crippen molar-refractivity contribution in [3.63, 3.8) is 0 Å². The molecule has 0 spiro atoms. The predicted octanol–water partition coefficient (Wildman–Crippen LogP) is 7.27. The second kappa shape index (κ2) is 10.7. The molecule has 0 saturated carbocycles. The van der Waals surface area contributed by atoms with E-state index in [1.807, 2.05) is 0 Å². The van der Waals surface area contributed by atoms with Gasteiger partial charge in [0, 0.05) is 26.7 Å². The fourth-order valence-electron chi connectivity index (χ4n) is 4.96. The number of hydrogen-bond donors (Lipinski definition) is 1. The van der Waals surface area contributed by atoms with Gasteiger partial charge in [-0.15, -0.1) is 32.9 Å². The number of thiophene rings is 2. The highest BCUT2D eigenvalue weighted by Crippen LogP contribution is 2.44. The van der Waals surface area contributed by atoms with E-state index in [-0.39, 0.29) is 23.1 Å². The first-order chi connectivity index (χ1) is 17.0. The number of carbonyl (C=O) groups excluding carboxylic acids is 1. The molecule has 0 aliphatic heterocycles. The van der Waals surface area contributed by atoms with Crippen molar-refractivity contribution in [3.8, 4) is 17.5 Å². The molecule has 6 nitrogen and oxygen atoms in total. The second-order valence-electron chi connectivity index (χ2n) is 10.8. The lowest BCUT2D eigenvalue weighted by Crippen LogP contribution is -2.26. The molecule has 1 N–H and O–H groups in total. The van der Waals surface area contributed by atoms with Crippen LogP contribution in [0.3, 0.4) is 0 Å². The molecule has 0 fully saturated rings. The number of nitrogens with one attached hydrogen (secondary N) is 1. The van der Waals surface area contributed by atoms with Crippen molar-refractivity contribution in [2.45, 2.75) is 85.3 Å². The van der Waals surface area contributed by atoms with Crippen LogP contribution in [-0.4, -0.2) is 26.4 Å². The quantitative estimate of drug-likeness (QED) is 0.318. The van der Waals surface area contributed by atoms with Gasteiger partial charge in [-0.3, -0.25) is 9.36 Å². The first-order valence-corrected chi connectivity index (χ1v) is 15.2. The summed E-state index contributed by atoms with van der Waals surface area (Å²) in [5, 5.41) is 25.4. The van der Waals surface area contributed by atoms with Crippen LogP contribution < -0.4 is 5.32 Å². The van der Waals surface area contributed by atoms with Crippen molar-refractivity contribution in [1.82, 2.24) is 14.8 Å². The van der Waals surface area contributed by atoms with Gasteiger partial charge in [0.25, 0.3) is 0 Å². The zero-order chi connectivity index (χ0) is 26.2. The minimum atomic E-state index is -0.122. The number of thioether (sulfide) groups is 1. The molecule has 36 heavy (non-hydrogen) atoms. The molecule has 192 valence electrons. The van der Waals surface area contributed by atoms with Gasteiger partial charge in [0.05, 0.1) is 11.3 Å². The average Bonchev–Trinajstić information content (AvgIpc) is 3.50. The molecule has 3 aromatic heterocycles. The fraction of sp³-hybridized carbons (Fsp3) is 0.556. The summed E-state index contributed by atoms with van der Waals surface area (Å²) in [5.74, 6) is 1.54. The van der Waals surface area contributed by atoms with Crippen LogP contribution >= 0.6 is 34.4 Å². The van der Waals surface area contributed by atoms with Gasteiger partial charge in [0.15, 0.2) is 11.0 Å². The maximum Gasteiger partial charge on any atom is 0.235 e. The zero-order valence-corrected chi connectivity index (χ0v) is 24.6. The molecule has 3 aromatic rings. The van der Waals surface area contributed by atoms with Crippen LogP contribution in [0.15, 0.2) is 10.5 Å². The molecular formula is C27H35N5OS3. The molecule has 9 heteroatoms. The number of carbonyl (C=O) groups is 1. The maximum absolute atomic E-state index is 13.0. The highest BCUT2D eigenvalue weighted by Gasteiger charge is 2.32. The lowest BCUT2D eigenvalue weighted by atomic mass is 9.72. The summed E-state index contributed by atoms with van der Waals surface area (Å²) in [7, 11) is 0. The molecule has 4 rings (SSSR count). The molecule has 0 radical (unpaired) electrons. The van der Waals surface area contributed by atoms with Crippen LogP contribution in [0.1, 0.15) is 80.4 Å². The Morgan fingerprint density at radius 3 is 2.75 bits per heavy atom. The molecule has 0 bridgehead atoms. The van der Waals surface area contributed by atoms with Gasteiger partial charge in [0.2, 0.25) is 5.91 Å². The summed E-state index contributed by atoms with van der Waals surface area (Å²) in [6, 6.07) is 2.52. The Balaban J connectivity index is 1.49. The number of rotatable bonds is 7. The second-order valence-corrected chi connectivity index (χ2v) is 13.9. The topological polar surface area (TPSA) is 83.6 Å². The van der Waals surface area contributed by atoms with Crippen LogP contribution in [-0.2, 0) is 24.1 Å². The number of nitrogens with zero attached hydrogens (tertiary/aromatic N) is 4. The highest BCUT2D eigenvalue weighted by molar-refractivity contribution is 7.99. The van der Waals surface area contributed by atoms with E-state index >= 15 is 0 Å². The van der Waals surface area contributed by atoms with Gasteiger partial charge in [-0.05, 0) is 68.9 Å². The predicted molar refractivity (Wildman–Crippen MR) is 151 cm³/mol. The Morgan fingerprint density at radius 1 is 1.36 bits per heavy atom. The largest absolute Gasteiger partial charge is 0.316 e. The van der Waals surface area contributed by atoms with Gasteiger partial charge < -0.3 is 5.32 Å². The number of aromatic nitrogens is 3. The van der Waals surface area contributed by atoms with Crippen molar-refractivity contribution in [1.29, 1.82) is 5.26 Å². The third kappa shape index (κ3) is 5.27. The van der Waals surface area contributed by atoms with E-state index in [1.165, 1.54) is 27.1 Å². The molecule has 0 aromatic carbocycles. The molecule has 1 unspecified atom stereocenters. The third-order valence-electron chi connectivity index (χ3n) is 7.07. The Kier molecular flexibility index (Phi) is 7.98. The molecular weight excluding hydrogens is 507 g/mol. The average molecular weight is 542 g/mol. The normalized spacial score (nSPS) is 15.7. The summed E-state index contributed by atoms with van der Waals surface area (Å²) in [6.07, 6.45) is 3.92. The Morgan fingerprint density at radius 2 is 2.11 bits per heavy atom. The van der Waals surface area contributed by atoms with Crippen molar-refractivity contribution < 1.29 is 4.79 Å².